The highest BCUT2D eigenvalue weighted by Crippen LogP contribution is 2.36. The minimum atomic E-state index is -0.982. The van der Waals surface area contributed by atoms with Crippen LogP contribution in [-0.4, -0.2) is 40.2 Å². The Morgan fingerprint density at radius 1 is 1.00 bits per heavy atom. The molecule has 2 atom stereocenters. The number of benzene rings is 3. The van der Waals surface area contributed by atoms with E-state index in [-0.39, 0.29) is 11.5 Å². The summed E-state index contributed by atoms with van der Waals surface area (Å²) in [7, 11) is 3.21. The average Bonchev–Trinajstić information content (AvgIpc) is 3.41. The molecule has 1 heterocycles. The fourth-order valence-electron chi connectivity index (χ4n) is 4.88. The third kappa shape index (κ3) is 6.23. The topological polar surface area (TPSA) is 93.8 Å². The molecule has 0 amide bonds. The second-order valence-electron chi connectivity index (χ2n) is 9.43. The molecule has 0 unspecified atom stereocenters. The molecular formula is C31H34N2O5. The Bertz CT molecular complexity index is 1340. The third-order valence-electron chi connectivity index (χ3n) is 6.97. The van der Waals surface area contributed by atoms with E-state index in [1.54, 1.807) is 43.3 Å². The van der Waals surface area contributed by atoms with E-state index in [4.69, 9.17) is 9.47 Å². The molecule has 0 aliphatic rings. The number of ether oxygens (including phenoxy) is 2. The third-order valence-corrected chi connectivity index (χ3v) is 6.97. The monoisotopic (exact) mass is 514 g/mol. The number of aromatic nitrogens is 2. The molecule has 0 aliphatic heterocycles. The van der Waals surface area contributed by atoms with E-state index >= 15 is 0 Å². The largest absolute Gasteiger partial charge is 0.496 e. The van der Waals surface area contributed by atoms with Gasteiger partial charge in [-0.25, -0.2) is 4.79 Å². The van der Waals surface area contributed by atoms with Crippen LogP contribution in [0.15, 0.2) is 79.1 Å². The van der Waals surface area contributed by atoms with Crippen molar-refractivity contribution in [3.63, 3.8) is 0 Å². The number of aromatic carboxylic acids is 1. The van der Waals surface area contributed by atoms with Crippen LogP contribution >= 0.6 is 0 Å². The second-order valence-corrected chi connectivity index (χ2v) is 9.43. The van der Waals surface area contributed by atoms with E-state index < -0.39 is 12.1 Å². The van der Waals surface area contributed by atoms with Crippen LogP contribution in [0.4, 0.5) is 0 Å². The first-order valence-corrected chi connectivity index (χ1v) is 12.7. The van der Waals surface area contributed by atoms with Crippen LogP contribution in [0.25, 0.3) is 11.1 Å². The number of hydrogen-bond donors (Lipinski definition) is 2. The Morgan fingerprint density at radius 2 is 1.66 bits per heavy atom. The number of methoxy groups -OCH3 is 2. The van der Waals surface area contributed by atoms with E-state index in [9.17, 15) is 15.0 Å². The van der Waals surface area contributed by atoms with Gasteiger partial charge >= 0.3 is 5.97 Å². The molecule has 198 valence electrons. The van der Waals surface area contributed by atoms with Crippen LogP contribution in [-0.2, 0) is 13.0 Å². The molecule has 4 rings (SSSR count). The zero-order chi connectivity index (χ0) is 27.1. The van der Waals surface area contributed by atoms with Gasteiger partial charge in [-0.05, 0) is 61.1 Å². The summed E-state index contributed by atoms with van der Waals surface area (Å²) >= 11 is 0. The average molecular weight is 515 g/mol. The maximum Gasteiger partial charge on any atom is 0.336 e. The van der Waals surface area contributed by atoms with Crippen molar-refractivity contribution in [1.82, 2.24) is 9.78 Å². The fraction of sp³-hybridized carbons (Fsp3) is 0.290. The van der Waals surface area contributed by atoms with E-state index in [1.807, 2.05) is 49.5 Å². The highest BCUT2D eigenvalue weighted by atomic mass is 16.5. The zero-order valence-electron chi connectivity index (χ0n) is 22.0. The molecule has 1 aromatic heterocycles. The van der Waals surface area contributed by atoms with Crippen molar-refractivity contribution in [2.75, 3.05) is 14.2 Å². The van der Waals surface area contributed by atoms with Gasteiger partial charge in [0.05, 0.1) is 32.1 Å². The highest BCUT2D eigenvalue weighted by Gasteiger charge is 2.24. The minimum Gasteiger partial charge on any atom is -0.496 e. The standard InChI is InChI=1S/C31H34N2O5/c1-21-28(37-2)16-24(17-29(21)38-3)30(34)23(13-9-12-22-10-5-4-6-11-22)19-33-20-25(18-32-33)26-14-7-8-15-27(26)31(35)36/h4-8,10-11,14-18,20,23,30,34H,9,12-13,19H2,1-3H3,(H,35,36)/t23-,30-/m0/s1. The van der Waals surface area contributed by atoms with Crippen LogP contribution in [0.3, 0.4) is 0 Å². The van der Waals surface area contributed by atoms with Gasteiger partial charge in [0, 0.05) is 29.8 Å². The summed E-state index contributed by atoms with van der Waals surface area (Å²) in [5.41, 5.74) is 4.41. The maximum atomic E-state index is 11.7. The number of carbonyl (C=O) groups is 1. The molecular weight excluding hydrogens is 480 g/mol. The second kappa shape index (κ2) is 12.4. The Hall–Kier alpha value is -4.10. The summed E-state index contributed by atoms with van der Waals surface area (Å²) in [6, 6.07) is 20.9. The number of aliphatic hydroxyl groups excluding tert-OH is 1. The number of nitrogens with zero attached hydrogens (tertiary/aromatic N) is 2. The molecule has 7 heteroatoms. The van der Waals surface area contributed by atoms with Crippen LogP contribution in [0.5, 0.6) is 11.5 Å². The lowest BCUT2D eigenvalue weighted by molar-refractivity contribution is 0.0697. The quantitative estimate of drug-likeness (QED) is 0.243. The molecule has 4 aromatic rings. The lowest BCUT2D eigenvalue weighted by Crippen LogP contribution is -2.20. The van der Waals surface area contributed by atoms with Crippen molar-refractivity contribution in [3.8, 4) is 22.6 Å². The number of aryl methyl sites for hydroxylation is 1. The molecule has 3 aromatic carbocycles. The summed E-state index contributed by atoms with van der Waals surface area (Å²) in [5.74, 6) is 0.185. The Labute approximate surface area is 223 Å². The van der Waals surface area contributed by atoms with Crippen molar-refractivity contribution in [3.05, 3.63) is 101 Å². The first kappa shape index (κ1) is 26.9. The molecule has 0 spiro atoms. The molecule has 38 heavy (non-hydrogen) atoms. The number of rotatable bonds is 12. The Balaban J connectivity index is 1.60. The van der Waals surface area contributed by atoms with Crippen LogP contribution in [0.2, 0.25) is 0 Å². The van der Waals surface area contributed by atoms with E-state index in [0.717, 1.165) is 36.0 Å². The van der Waals surface area contributed by atoms with Crippen molar-refractivity contribution < 1.29 is 24.5 Å². The normalized spacial score (nSPS) is 12.6. The van der Waals surface area contributed by atoms with Gasteiger partial charge in [0.25, 0.3) is 0 Å². The number of aliphatic hydroxyl groups is 1. The summed E-state index contributed by atoms with van der Waals surface area (Å²) in [4.78, 5) is 11.7. The number of carboxylic acid groups (broad SMARTS) is 1. The van der Waals surface area contributed by atoms with Crippen LogP contribution < -0.4 is 9.47 Å². The van der Waals surface area contributed by atoms with E-state index in [1.165, 1.54) is 5.56 Å². The highest BCUT2D eigenvalue weighted by molar-refractivity contribution is 5.95. The van der Waals surface area contributed by atoms with Gasteiger partial charge in [-0.2, -0.15) is 5.10 Å². The Kier molecular flexibility index (Phi) is 8.81. The lowest BCUT2D eigenvalue weighted by Gasteiger charge is -2.25. The number of carboxylic acids is 1. The Morgan fingerprint density at radius 3 is 2.32 bits per heavy atom. The maximum absolute atomic E-state index is 11.7. The van der Waals surface area contributed by atoms with Crippen molar-refractivity contribution in [1.29, 1.82) is 0 Å². The molecule has 2 N–H and O–H groups in total. The van der Waals surface area contributed by atoms with E-state index in [2.05, 4.69) is 17.2 Å². The summed E-state index contributed by atoms with van der Waals surface area (Å²) in [6.07, 6.45) is 5.29. The summed E-state index contributed by atoms with van der Waals surface area (Å²) in [5, 5.41) is 25.7. The van der Waals surface area contributed by atoms with Gasteiger partial charge in [0.2, 0.25) is 0 Å². The number of hydrogen-bond acceptors (Lipinski definition) is 5. The SMILES string of the molecule is COc1cc([C@@H](O)[C@@H](CCCc2ccccc2)Cn2cc(-c3ccccc3C(=O)O)cn2)cc(OC)c1C. The lowest BCUT2D eigenvalue weighted by atomic mass is 9.89. The van der Waals surface area contributed by atoms with Gasteiger partial charge in [0.1, 0.15) is 11.5 Å². The molecule has 7 nitrogen and oxygen atoms in total. The van der Waals surface area contributed by atoms with Gasteiger partial charge in [-0.3, -0.25) is 4.68 Å². The molecule has 0 saturated heterocycles. The van der Waals surface area contributed by atoms with Crippen LogP contribution in [0, 0.1) is 12.8 Å². The predicted molar refractivity (Wildman–Crippen MR) is 147 cm³/mol. The first-order valence-electron chi connectivity index (χ1n) is 12.7. The zero-order valence-corrected chi connectivity index (χ0v) is 22.0. The minimum absolute atomic E-state index is 0.154. The predicted octanol–water partition coefficient (Wildman–Crippen LogP) is 5.95. The van der Waals surface area contributed by atoms with Crippen molar-refractivity contribution >= 4 is 5.97 Å². The molecule has 0 aliphatic carbocycles. The summed E-state index contributed by atoms with van der Waals surface area (Å²) < 4.78 is 12.9. The van der Waals surface area contributed by atoms with Gasteiger partial charge in [0.15, 0.2) is 0 Å². The van der Waals surface area contributed by atoms with E-state index in [0.29, 0.717) is 23.6 Å². The van der Waals surface area contributed by atoms with Gasteiger partial charge in [-0.15, -0.1) is 0 Å². The molecule has 0 radical (unpaired) electrons. The molecule has 0 fully saturated rings. The molecule has 0 bridgehead atoms. The smallest absolute Gasteiger partial charge is 0.336 e. The van der Waals surface area contributed by atoms with Gasteiger partial charge < -0.3 is 19.7 Å². The summed E-state index contributed by atoms with van der Waals surface area (Å²) in [6.45, 7) is 2.38. The van der Waals surface area contributed by atoms with Gasteiger partial charge in [-0.1, -0.05) is 48.5 Å². The van der Waals surface area contributed by atoms with Crippen molar-refractivity contribution in [2.45, 2.75) is 38.8 Å². The van der Waals surface area contributed by atoms with Crippen LogP contribution in [0.1, 0.15) is 46.0 Å². The molecule has 0 saturated carbocycles. The van der Waals surface area contributed by atoms with Crippen molar-refractivity contribution in [2.24, 2.45) is 5.92 Å². The fourth-order valence-corrected chi connectivity index (χ4v) is 4.88. The first-order chi connectivity index (χ1) is 18.4.